The third kappa shape index (κ3) is 4.24. The number of phenolic OH excluding ortho intramolecular Hbond substituents is 1. The maximum Gasteiger partial charge on any atom is 0.224 e. The second-order valence-corrected chi connectivity index (χ2v) is 5.18. The molecule has 0 aromatic heterocycles. The third-order valence-corrected chi connectivity index (χ3v) is 3.48. The Hall–Kier alpha value is -1.55. The standard InChI is InChI=1S/C15H21NO3/c1-11-4-5-12(7-14(11)17)8-15(18)16-9-13-3-2-6-19-10-13/h4-5,7,13,17H,2-3,6,8-10H2,1H3,(H,16,18). The van der Waals surface area contributed by atoms with Gasteiger partial charge in [0.2, 0.25) is 5.91 Å². The van der Waals surface area contributed by atoms with E-state index >= 15 is 0 Å². The van der Waals surface area contributed by atoms with Crippen LogP contribution in [0.15, 0.2) is 18.2 Å². The SMILES string of the molecule is Cc1ccc(CC(=O)NCC2CCCOC2)cc1O. The number of carbonyl (C=O) groups excluding carboxylic acids is 1. The molecule has 0 saturated carbocycles. The monoisotopic (exact) mass is 263 g/mol. The van der Waals surface area contributed by atoms with Gasteiger partial charge in [-0.05, 0) is 42.9 Å². The topological polar surface area (TPSA) is 58.6 Å². The average molecular weight is 263 g/mol. The smallest absolute Gasteiger partial charge is 0.224 e. The summed E-state index contributed by atoms with van der Waals surface area (Å²) in [6.07, 6.45) is 2.50. The van der Waals surface area contributed by atoms with E-state index in [1.54, 1.807) is 6.07 Å². The maximum absolute atomic E-state index is 11.8. The maximum atomic E-state index is 11.8. The van der Waals surface area contributed by atoms with Crippen LogP contribution in [0.4, 0.5) is 0 Å². The summed E-state index contributed by atoms with van der Waals surface area (Å²) in [4.78, 5) is 11.8. The molecule has 0 aliphatic carbocycles. The minimum Gasteiger partial charge on any atom is -0.508 e. The van der Waals surface area contributed by atoms with Crippen molar-refractivity contribution >= 4 is 5.91 Å². The number of carbonyl (C=O) groups is 1. The molecule has 0 radical (unpaired) electrons. The summed E-state index contributed by atoms with van der Waals surface area (Å²) < 4.78 is 5.38. The summed E-state index contributed by atoms with van der Waals surface area (Å²) in [5, 5.41) is 12.5. The van der Waals surface area contributed by atoms with Crippen molar-refractivity contribution in [2.45, 2.75) is 26.2 Å². The van der Waals surface area contributed by atoms with E-state index in [9.17, 15) is 9.90 Å². The second-order valence-electron chi connectivity index (χ2n) is 5.18. The zero-order chi connectivity index (χ0) is 13.7. The van der Waals surface area contributed by atoms with Gasteiger partial charge in [-0.1, -0.05) is 12.1 Å². The van der Waals surface area contributed by atoms with Crippen molar-refractivity contribution < 1.29 is 14.6 Å². The van der Waals surface area contributed by atoms with E-state index in [-0.39, 0.29) is 11.7 Å². The number of rotatable bonds is 4. The molecule has 1 unspecified atom stereocenters. The minimum atomic E-state index is -0.00572. The number of aryl methyl sites for hydroxylation is 1. The van der Waals surface area contributed by atoms with E-state index < -0.39 is 0 Å². The summed E-state index contributed by atoms with van der Waals surface area (Å²) in [6, 6.07) is 5.35. The molecule has 4 heteroatoms. The number of hydrogen-bond acceptors (Lipinski definition) is 3. The van der Waals surface area contributed by atoms with Crippen LogP contribution >= 0.6 is 0 Å². The van der Waals surface area contributed by atoms with Gasteiger partial charge in [-0.15, -0.1) is 0 Å². The Morgan fingerprint density at radius 3 is 3.05 bits per heavy atom. The molecule has 0 spiro atoms. The van der Waals surface area contributed by atoms with Crippen LogP contribution in [0.5, 0.6) is 5.75 Å². The molecule has 4 nitrogen and oxygen atoms in total. The van der Waals surface area contributed by atoms with Crippen LogP contribution in [0.1, 0.15) is 24.0 Å². The highest BCUT2D eigenvalue weighted by atomic mass is 16.5. The molecule has 1 atom stereocenters. The Morgan fingerprint density at radius 1 is 1.53 bits per heavy atom. The Morgan fingerprint density at radius 2 is 2.37 bits per heavy atom. The summed E-state index contributed by atoms with van der Waals surface area (Å²) in [6.45, 7) is 4.09. The van der Waals surface area contributed by atoms with Crippen LogP contribution in [-0.4, -0.2) is 30.8 Å². The van der Waals surface area contributed by atoms with E-state index in [2.05, 4.69) is 5.32 Å². The normalized spacial score (nSPS) is 19.1. The largest absolute Gasteiger partial charge is 0.508 e. The highest BCUT2D eigenvalue weighted by Crippen LogP contribution is 2.17. The van der Waals surface area contributed by atoms with Crippen LogP contribution in [-0.2, 0) is 16.0 Å². The fourth-order valence-corrected chi connectivity index (χ4v) is 2.24. The van der Waals surface area contributed by atoms with Gasteiger partial charge in [0.05, 0.1) is 13.0 Å². The van der Waals surface area contributed by atoms with E-state index in [1.807, 2.05) is 19.1 Å². The Balaban J connectivity index is 1.78. The number of amides is 1. The average Bonchev–Trinajstić information content (AvgIpc) is 2.42. The van der Waals surface area contributed by atoms with Gasteiger partial charge in [0.1, 0.15) is 5.75 Å². The van der Waals surface area contributed by atoms with Gasteiger partial charge in [0, 0.05) is 13.2 Å². The zero-order valence-electron chi connectivity index (χ0n) is 11.3. The molecule has 2 rings (SSSR count). The second kappa shape index (κ2) is 6.57. The van der Waals surface area contributed by atoms with Crippen molar-refractivity contribution in [3.63, 3.8) is 0 Å². The van der Waals surface area contributed by atoms with E-state index in [0.29, 0.717) is 18.9 Å². The first-order chi connectivity index (χ1) is 9.15. The zero-order valence-corrected chi connectivity index (χ0v) is 11.3. The molecule has 1 saturated heterocycles. The summed E-state index contributed by atoms with van der Waals surface area (Å²) in [7, 11) is 0. The lowest BCUT2D eigenvalue weighted by Crippen LogP contribution is -2.34. The predicted molar refractivity (Wildman–Crippen MR) is 73.1 cm³/mol. The van der Waals surface area contributed by atoms with Crippen LogP contribution in [0.25, 0.3) is 0 Å². The molecular formula is C15H21NO3. The predicted octanol–water partition coefficient (Wildman–Crippen LogP) is 1.79. The lowest BCUT2D eigenvalue weighted by Gasteiger charge is -2.22. The molecule has 1 heterocycles. The quantitative estimate of drug-likeness (QED) is 0.870. The highest BCUT2D eigenvalue weighted by Gasteiger charge is 2.14. The summed E-state index contributed by atoms with van der Waals surface area (Å²) >= 11 is 0. The molecule has 1 aliphatic rings. The number of hydrogen-bond donors (Lipinski definition) is 2. The first-order valence-corrected chi connectivity index (χ1v) is 6.78. The molecule has 19 heavy (non-hydrogen) atoms. The number of aromatic hydroxyl groups is 1. The van der Waals surface area contributed by atoms with Gasteiger partial charge in [0.25, 0.3) is 0 Å². The Kier molecular flexibility index (Phi) is 4.80. The summed E-state index contributed by atoms with van der Waals surface area (Å²) in [5.41, 5.74) is 1.66. The first kappa shape index (κ1) is 13.9. The minimum absolute atomic E-state index is 0.00572. The van der Waals surface area contributed by atoms with Gasteiger partial charge in [0.15, 0.2) is 0 Å². The molecule has 1 fully saturated rings. The van der Waals surface area contributed by atoms with E-state index in [0.717, 1.165) is 37.2 Å². The molecule has 1 aliphatic heterocycles. The van der Waals surface area contributed by atoms with Gasteiger partial charge in [-0.25, -0.2) is 0 Å². The Bertz CT molecular complexity index is 439. The number of phenols is 1. The van der Waals surface area contributed by atoms with Crippen LogP contribution in [0.3, 0.4) is 0 Å². The summed E-state index contributed by atoms with van der Waals surface area (Å²) in [5.74, 6) is 0.670. The molecule has 2 N–H and O–H groups in total. The number of ether oxygens (including phenoxy) is 1. The van der Waals surface area contributed by atoms with Crippen molar-refractivity contribution in [2.75, 3.05) is 19.8 Å². The van der Waals surface area contributed by atoms with Crippen molar-refractivity contribution in [1.29, 1.82) is 0 Å². The first-order valence-electron chi connectivity index (χ1n) is 6.78. The molecule has 104 valence electrons. The van der Waals surface area contributed by atoms with Gasteiger partial charge in [-0.2, -0.15) is 0 Å². The molecule has 1 amide bonds. The number of nitrogens with one attached hydrogen (secondary N) is 1. The van der Waals surface area contributed by atoms with Gasteiger partial charge >= 0.3 is 0 Å². The van der Waals surface area contributed by atoms with Crippen LogP contribution < -0.4 is 5.32 Å². The lowest BCUT2D eigenvalue weighted by atomic mass is 10.0. The van der Waals surface area contributed by atoms with Gasteiger partial charge in [-0.3, -0.25) is 4.79 Å². The molecule has 1 aromatic carbocycles. The van der Waals surface area contributed by atoms with Crippen molar-refractivity contribution in [3.05, 3.63) is 29.3 Å². The van der Waals surface area contributed by atoms with Crippen LogP contribution in [0, 0.1) is 12.8 Å². The van der Waals surface area contributed by atoms with Crippen LogP contribution in [0.2, 0.25) is 0 Å². The Labute approximate surface area is 113 Å². The molecule has 0 bridgehead atoms. The fraction of sp³-hybridized carbons (Fsp3) is 0.533. The van der Waals surface area contributed by atoms with Gasteiger partial charge < -0.3 is 15.2 Å². The van der Waals surface area contributed by atoms with Crippen molar-refractivity contribution in [1.82, 2.24) is 5.32 Å². The van der Waals surface area contributed by atoms with Crippen molar-refractivity contribution in [3.8, 4) is 5.75 Å². The van der Waals surface area contributed by atoms with E-state index in [1.165, 1.54) is 0 Å². The van der Waals surface area contributed by atoms with Crippen molar-refractivity contribution in [2.24, 2.45) is 5.92 Å². The molecular weight excluding hydrogens is 242 g/mol. The number of benzene rings is 1. The highest BCUT2D eigenvalue weighted by molar-refractivity contribution is 5.78. The lowest BCUT2D eigenvalue weighted by molar-refractivity contribution is -0.120. The third-order valence-electron chi connectivity index (χ3n) is 3.48. The van der Waals surface area contributed by atoms with E-state index in [4.69, 9.17) is 4.74 Å². The molecule has 1 aromatic rings. The fourth-order valence-electron chi connectivity index (χ4n) is 2.24.